The zero-order chi connectivity index (χ0) is 15.3. The van der Waals surface area contributed by atoms with E-state index in [2.05, 4.69) is 15.3 Å². The summed E-state index contributed by atoms with van der Waals surface area (Å²) < 4.78 is 36.3. The van der Waals surface area contributed by atoms with Crippen LogP contribution in [0.15, 0.2) is 36.8 Å². The molecule has 0 aliphatic carbocycles. The van der Waals surface area contributed by atoms with Crippen LogP contribution in [0.5, 0.6) is 0 Å². The molecule has 0 aliphatic heterocycles. The van der Waals surface area contributed by atoms with Crippen molar-refractivity contribution in [2.24, 2.45) is 0 Å². The second-order valence-electron chi connectivity index (χ2n) is 5.10. The Morgan fingerprint density at radius 2 is 1.95 bits per heavy atom. The number of benzene rings is 1. The van der Waals surface area contributed by atoms with Crippen molar-refractivity contribution in [2.75, 3.05) is 5.32 Å². The molecule has 0 saturated carbocycles. The number of imidazole rings is 1. The van der Waals surface area contributed by atoms with Crippen molar-refractivity contribution in [2.45, 2.75) is 38.4 Å². The van der Waals surface area contributed by atoms with Gasteiger partial charge in [-0.15, -0.1) is 0 Å². The Morgan fingerprint density at radius 1 is 1.24 bits per heavy atom. The van der Waals surface area contributed by atoms with Gasteiger partial charge in [0.1, 0.15) is 0 Å². The maximum atomic E-state index is 12.1. The van der Waals surface area contributed by atoms with Gasteiger partial charge in [-0.1, -0.05) is 12.1 Å². The molecule has 0 spiro atoms. The van der Waals surface area contributed by atoms with Gasteiger partial charge in [0.15, 0.2) is 0 Å². The predicted molar refractivity (Wildman–Crippen MR) is 77.0 cm³/mol. The van der Waals surface area contributed by atoms with Gasteiger partial charge in [0, 0.05) is 18.2 Å². The SMILES string of the molecule is CC(CCCC(F)(F)F)Nc1ccc(-c2cnc[nH]2)cc1. The Bertz CT molecular complexity index is 532. The molecule has 1 atom stereocenters. The number of aromatic amines is 1. The van der Waals surface area contributed by atoms with Gasteiger partial charge >= 0.3 is 6.18 Å². The summed E-state index contributed by atoms with van der Waals surface area (Å²) in [6.45, 7) is 1.89. The number of alkyl halides is 3. The topological polar surface area (TPSA) is 40.7 Å². The van der Waals surface area contributed by atoms with Gasteiger partial charge in [-0.3, -0.25) is 0 Å². The molecule has 1 aromatic heterocycles. The molecule has 0 aliphatic rings. The average molecular weight is 297 g/mol. The fourth-order valence-corrected chi connectivity index (χ4v) is 2.13. The molecule has 1 aromatic carbocycles. The van der Waals surface area contributed by atoms with Crippen LogP contribution in [0.25, 0.3) is 11.3 Å². The smallest absolute Gasteiger partial charge is 0.383 e. The number of hydrogen-bond acceptors (Lipinski definition) is 2. The first-order valence-electron chi connectivity index (χ1n) is 6.86. The minimum atomic E-state index is -4.06. The number of hydrogen-bond donors (Lipinski definition) is 2. The largest absolute Gasteiger partial charge is 0.389 e. The van der Waals surface area contributed by atoms with Crippen molar-refractivity contribution in [1.29, 1.82) is 0 Å². The molecule has 1 unspecified atom stereocenters. The van der Waals surface area contributed by atoms with Gasteiger partial charge in [-0.25, -0.2) is 4.98 Å². The molecule has 2 N–H and O–H groups in total. The maximum absolute atomic E-state index is 12.1. The summed E-state index contributed by atoms with van der Waals surface area (Å²) in [4.78, 5) is 6.98. The van der Waals surface area contributed by atoms with Crippen LogP contribution in [-0.2, 0) is 0 Å². The molecule has 21 heavy (non-hydrogen) atoms. The minimum Gasteiger partial charge on any atom is -0.383 e. The first-order valence-corrected chi connectivity index (χ1v) is 6.86. The fourth-order valence-electron chi connectivity index (χ4n) is 2.13. The van der Waals surface area contributed by atoms with Gasteiger partial charge in [0.2, 0.25) is 0 Å². The highest BCUT2D eigenvalue weighted by molar-refractivity contribution is 5.62. The summed E-state index contributed by atoms with van der Waals surface area (Å²) in [6.07, 6.45) is -0.804. The summed E-state index contributed by atoms with van der Waals surface area (Å²) >= 11 is 0. The van der Waals surface area contributed by atoms with Gasteiger partial charge in [-0.2, -0.15) is 13.2 Å². The Hall–Kier alpha value is -1.98. The van der Waals surface area contributed by atoms with Crippen LogP contribution in [0.3, 0.4) is 0 Å². The van der Waals surface area contributed by atoms with E-state index in [1.165, 1.54) is 0 Å². The molecule has 3 nitrogen and oxygen atoms in total. The summed E-state index contributed by atoms with van der Waals surface area (Å²) in [5, 5.41) is 3.21. The Labute approximate surface area is 121 Å². The maximum Gasteiger partial charge on any atom is 0.389 e. The van der Waals surface area contributed by atoms with E-state index >= 15 is 0 Å². The molecule has 2 aromatic rings. The zero-order valence-corrected chi connectivity index (χ0v) is 11.7. The van der Waals surface area contributed by atoms with Crippen molar-refractivity contribution in [1.82, 2.24) is 9.97 Å². The molecule has 0 radical (unpaired) electrons. The standard InChI is InChI=1S/C15H18F3N3/c1-11(3-2-8-15(16,17)18)21-13-6-4-12(5-7-13)14-9-19-10-20-14/h4-7,9-11,21H,2-3,8H2,1H3,(H,19,20). The van der Waals surface area contributed by atoms with Gasteiger partial charge in [0.05, 0.1) is 18.2 Å². The third kappa shape index (κ3) is 5.13. The number of rotatable bonds is 6. The molecule has 0 fully saturated rings. The van der Waals surface area contributed by atoms with Crippen LogP contribution in [0.1, 0.15) is 26.2 Å². The van der Waals surface area contributed by atoms with Crippen LogP contribution in [0, 0.1) is 0 Å². The monoisotopic (exact) mass is 297 g/mol. The van der Waals surface area contributed by atoms with Crippen molar-refractivity contribution in [3.8, 4) is 11.3 Å². The van der Waals surface area contributed by atoms with E-state index in [1.807, 2.05) is 31.2 Å². The van der Waals surface area contributed by atoms with E-state index < -0.39 is 12.6 Å². The third-order valence-electron chi connectivity index (χ3n) is 3.20. The van der Waals surface area contributed by atoms with Crippen molar-refractivity contribution >= 4 is 5.69 Å². The first-order chi connectivity index (χ1) is 9.94. The highest BCUT2D eigenvalue weighted by atomic mass is 19.4. The normalized spacial score (nSPS) is 13.1. The molecule has 6 heteroatoms. The van der Waals surface area contributed by atoms with Crippen LogP contribution in [0.4, 0.5) is 18.9 Å². The molecule has 0 bridgehead atoms. The van der Waals surface area contributed by atoms with Crippen LogP contribution in [0.2, 0.25) is 0 Å². The van der Waals surface area contributed by atoms with Gasteiger partial charge in [-0.05, 0) is 37.5 Å². The van der Waals surface area contributed by atoms with Crippen LogP contribution < -0.4 is 5.32 Å². The first kappa shape index (κ1) is 15.4. The molecule has 1 heterocycles. The van der Waals surface area contributed by atoms with Gasteiger partial charge in [0.25, 0.3) is 0 Å². The highest BCUT2D eigenvalue weighted by Crippen LogP contribution is 2.24. The Kier molecular flexibility index (Phi) is 4.88. The summed E-state index contributed by atoms with van der Waals surface area (Å²) in [7, 11) is 0. The van der Waals surface area contributed by atoms with E-state index in [0.29, 0.717) is 6.42 Å². The zero-order valence-electron chi connectivity index (χ0n) is 11.7. The van der Waals surface area contributed by atoms with Crippen LogP contribution in [-0.4, -0.2) is 22.2 Å². The van der Waals surface area contributed by atoms with E-state index in [4.69, 9.17) is 0 Å². The van der Waals surface area contributed by atoms with E-state index in [9.17, 15) is 13.2 Å². The highest BCUT2D eigenvalue weighted by Gasteiger charge is 2.26. The second kappa shape index (κ2) is 6.65. The lowest BCUT2D eigenvalue weighted by Crippen LogP contribution is -2.16. The number of nitrogens with zero attached hydrogens (tertiary/aromatic N) is 1. The molecular formula is C15H18F3N3. The summed E-state index contributed by atoms with van der Waals surface area (Å²) in [5.74, 6) is 0. The predicted octanol–water partition coefficient (Wildman–Crippen LogP) is 4.61. The van der Waals surface area contributed by atoms with E-state index in [-0.39, 0.29) is 12.5 Å². The third-order valence-corrected chi connectivity index (χ3v) is 3.20. The molecule has 0 amide bonds. The quantitative estimate of drug-likeness (QED) is 0.817. The second-order valence-corrected chi connectivity index (χ2v) is 5.10. The number of aromatic nitrogens is 2. The minimum absolute atomic E-state index is 0.00496. The summed E-state index contributed by atoms with van der Waals surface area (Å²) in [6, 6.07) is 7.72. The fraction of sp³-hybridized carbons (Fsp3) is 0.400. The van der Waals surface area contributed by atoms with Crippen LogP contribution >= 0.6 is 0 Å². The Balaban J connectivity index is 1.83. The average Bonchev–Trinajstić information content (AvgIpc) is 2.92. The lowest BCUT2D eigenvalue weighted by atomic mass is 10.1. The van der Waals surface area contributed by atoms with Crippen molar-refractivity contribution in [3.05, 3.63) is 36.8 Å². The summed E-state index contributed by atoms with van der Waals surface area (Å²) in [5.41, 5.74) is 2.85. The lowest BCUT2D eigenvalue weighted by molar-refractivity contribution is -0.135. The lowest BCUT2D eigenvalue weighted by Gasteiger charge is -2.16. The molecule has 114 valence electrons. The molecular weight excluding hydrogens is 279 g/mol. The molecule has 0 saturated heterocycles. The van der Waals surface area contributed by atoms with Gasteiger partial charge < -0.3 is 10.3 Å². The van der Waals surface area contributed by atoms with Crippen molar-refractivity contribution in [3.63, 3.8) is 0 Å². The number of halogens is 3. The number of H-pyrrole nitrogens is 1. The molecule has 2 rings (SSSR count). The Morgan fingerprint density at radius 3 is 2.52 bits per heavy atom. The number of nitrogens with one attached hydrogen (secondary N) is 2. The van der Waals surface area contributed by atoms with E-state index in [1.54, 1.807) is 12.5 Å². The number of anilines is 1. The van der Waals surface area contributed by atoms with E-state index in [0.717, 1.165) is 16.9 Å². The van der Waals surface area contributed by atoms with Crippen molar-refractivity contribution < 1.29 is 13.2 Å².